The van der Waals surface area contributed by atoms with E-state index in [0.29, 0.717) is 6.54 Å². The van der Waals surface area contributed by atoms with Gasteiger partial charge in [-0.2, -0.15) is 4.39 Å². The molecule has 0 aliphatic heterocycles. The maximum absolute atomic E-state index is 12.5. The van der Waals surface area contributed by atoms with Gasteiger partial charge in [0.2, 0.25) is 5.95 Å². The largest absolute Gasteiger partial charge is 0.351 e. The van der Waals surface area contributed by atoms with E-state index in [9.17, 15) is 9.18 Å². The molecule has 0 atom stereocenters. The molecule has 0 fully saturated rings. The number of hydrogen-bond acceptors (Lipinski definition) is 4. The lowest BCUT2D eigenvalue weighted by molar-refractivity contribution is 0.0946. The number of hydrogen-bond donors (Lipinski definition) is 1. The van der Waals surface area contributed by atoms with Crippen LogP contribution in [-0.4, -0.2) is 48.2 Å². The average molecular weight is 239 g/mol. The normalized spacial score (nSPS) is 10.6. The minimum absolute atomic E-state index is 0.138. The number of aromatic nitrogens is 2. The Labute approximate surface area is 100 Å². The summed E-state index contributed by atoms with van der Waals surface area (Å²) in [5.41, 5.74) is 0.138. The molecule has 0 unspecified atom stereocenters. The summed E-state index contributed by atoms with van der Waals surface area (Å²) in [5.74, 6) is -1.00. The Kier molecular flexibility index (Phi) is 5.48. The molecule has 1 N–H and O–H groups in total. The lowest BCUT2D eigenvalue weighted by Crippen LogP contribution is -2.26. The third-order valence-electron chi connectivity index (χ3n) is 2.18. The third kappa shape index (κ3) is 5.35. The van der Waals surface area contributed by atoms with Crippen LogP contribution in [0.25, 0.3) is 0 Å². The molecule has 1 rings (SSSR count). The summed E-state index contributed by atoms with van der Waals surface area (Å²) in [4.78, 5) is 13.6. The first kappa shape index (κ1) is 13.5. The molecule has 0 spiro atoms. The summed E-state index contributed by atoms with van der Waals surface area (Å²) in [6.45, 7) is 1.58. The maximum atomic E-state index is 12.5. The third-order valence-corrected chi connectivity index (χ3v) is 2.18. The molecule has 5 nitrogen and oxygen atoms in total. The first-order valence-electron chi connectivity index (χ1n) is 5.52. The number of nitrogens with zero attached hydrogens (tertiary/aromatic N) is 3. The topological polar surface area (TPSA) is 58.1 Å². The summed E-state index contributed by atoms with van der Waals surface area (Å²) in [7, 11) is 4.01. The van der Waals surface area contributed by atoms with Crippen LogP contribution in [0, 0.1) is 5.95 Å². The molecule has 0 aromatic carbocycles. The quantitative estimate of drug-likeness (QED) is 0.742. The lowest BCUT2D eigenvalue weighted by atomic mass is 10.3. The van der Waals surface area contributed by atoms with Crippen molar-refractivity contribution in [1.29, 1.82) is 0 Å². The van der Waals surface area contributed by atoms with Gasteiger partial charge in [0.05, 0.1) is 0 Å². The van der Waals surface area contributed by atoms with Crippen molar-refractivity contribution in [2.45, 2.75) is 12.8 Å². The highest BCUT2D eigenvalue weighted by molar-refractivity contribution is 5.91. The molecule has 0 aliphatic rings. The fraction of sp³-hybridized carbons (Fsp3) is 0.545. The van der Waals surface area contributed by atoms with Crippen molar-refractivity contribution in [3.05, 3.63) is 23.8 Å². The zero-order chi connectivity index (χ0) is 12.7. The SMILES string of the molecule is CN(C)CCCCNC(=O)c1ccc([18F])nn1. The average Bonchev–Trinajstić information content (AvgIpc) is 2.29. The second-order valence-electron chi connectivity index (χ2n) is 4.01. The van der Waals surface area contributed by atoms with Gasteiger partial charge in [0, 0.05) is 6.54 Å². The number of unbranched alkanes of at least 4 members (excludes halogenated alkanes) is 1. The zero-order valence-corrected chi connectivity index (χ0v) is 10.1. The van der Waals surface area contributed by atoms with Crippen LogP contribution in [0.4, 0.5) is 4.39 Å². The number of nitrogens with one attached hydrogen (secondary N) is 1. The first-order chi connectivity index (χ1) is 8.09. The van der Waals surface area contributed by atoms with Crippen molar-refractivity contribution in [1.82, 2.24) is 20.4 Å². The van der Waals surface area contributed by atoms with Crippen LogP contribution >= 0.6 is 0 Å². The van der Waals surface area contributed by atoms with Gasteiger partial charge in [-0.3, -0.25) is 4.79 Å². The van der Waals surface area contributed by atoms with Crippen molar-refractivity contribution in [3.63, 3.8) is 0 Å². The summed E-state index contributed by atoms with van der Waals surface area (Å²) in [6.07, 6.45) is 1.92. The fourth-order valence-corrected chi connectivity index (χ4v) is 1.28. The molecule has 0 saturated carbocycles. The van der Waals surface area contributed by atoms with Crippen LogP contribution in [0.3, 0.4) is 0 Å². The van der Waals surface area contributed by atoms with Crippen LogP contribution in [-0.2, 0) is 0 Å². The molecule has 1 aromatic rings. The summed E-state index contributed by atoms with van der Waals surface area (Å²) < 4.78 is 12.5. The lowest BCUT2D eigenvalue weighted by Gasteiger charge is -2.09. The fourth-order valence-electron chi connectivity index (χ4n) is 1.28. The smallest absolute Gasteiger partial charge is 0.271 e. The van der Waals surface area contributed by atoms with Gasteiger partial charge in [0.1, 0.15) is 0 Å². The first-order valence-corrected chi connectivity index (χ1v) is 5.52. The van der Waals surface area contributed by atoms with Gasteiger partial charge >= 0.3 is 0 Å². The summed E-state index contributed by atoms with van der Waals surface area (Å²) >= 11 is 0. The summed E-state index contributed by atoms with van der Waals surface area (Å²) in [6, 6.07) is 2.44. The van der Waals surface area contributed by atoms with Crippen LogP contribution in [0.2, 0.25) is 0 Å². The molecule has 0 aliphatic carbocycles. The molecule has 94 valence electrons. The predicted molar refractivity (Wildman–Crippen MR) is 62.1 cm³/mol. The Morgan fingerprint density at radius 3 is 2.71 bits per heavy atom. The number of carbonyl (C=O) groups is 1. The molecule has 0 bridgehead atoms. The van der Waals surface area contributed by atoms with Crippen molar-refractivity contribution in [3.8, 4) is 0 Å². The monoisotopic (exact) mass is 239 g/mol. The highest BCUT2D eigenvalue weighted by atomic mass is 18.2. The second-order valence-corrected chi connectivity index (χ2v) is 4.01. The van der Waals surface area contributed by atoms with E-state index in [2.05, 4.69) is 20.4 Å². The highest BCUT2D eigenvalue weighted by Crippen LogP contribution is 1.95. The minimum Gasteiger partial charge on any atom is -0.351 e. The molecule has 1 amide bonds. The van der Waals surface area contributed by atoms with Crippen LogP contribution in [0.1, 0.15) is 23.3 Å². The second kappa shape index (κ2) is 6.90. The van der Waals surface area contributed by atoms with E-state index in [-0.39, 0.29) is 11.6 Å². The predicted octanol–water partition coefficient (Wildman–Crippen LogP) is 0.687. The van der Waals surface area contributed by atoms with Crippen LogP contribution < -0.4 is 5.32 Å². The zero-order valence-electron chi connectivity index (χ0n) is 10.1. The maximum Gasteiger partial charge on any atom is 0.271 e. The van der Waals surface area contributed by atoms with Crippen molar-refractivity contribution in [2.24, 2.45) is 0 Å². The molecular weight excluding hydrogens is 222 g/mol. The molecule has 17 heavy (non-hydrogen) atoms. The Morgan fingerprint density at radius 2 is 2.12 bits per heavy atom. The number of carbonyl (C=O) groups excluding carboxylic acids is 1. The van der Waals surface area contributed by atoms with E-state index in [1.807, 2.05) is 14.1 Å². The summed E-state index contributed by atoms with van der Waals surface area (Å²) in [5, 5.41) is 9.35. The van der Waals surface area contributed by atoms with Gasteiger partial charge in [-0.25, -0.2) is 0 Å². The van der Waals surface area contributed by atoms with Gasteiger partial charge in [0.15, 0.2) is 5.69 Å². The van der Waals surface area contributed by atoms with E-state index in [1.165, 1.54) is 6.07 Å². The van der Waals surface area contributed by atoms with Crippen molar-refractivity contribution in [2.75, 3.05) is 27.2 Å². The standard InChI is InChI=1S/C11H17FN4O/c1-16(2)8-4-3-7-13-11(17)9-5-6-10(12)15-14-9/h5-6H,3-4,7-8H2,1-2H3,(H,13,17)/i12-1. The Bertz CT molecular complexity index is 353. The van der Waals surface area contributed by atoms with Gasteiger partial charge in [0.25, 0.3) is 5.91 Å². The van der Waals surface area contributed by atoms with E-state index < -0.39 is 5.95 Å². The molecule has 0 saturated heterocycles. The van der Waals surface area contributed by atoms with Crippen molar-refractivity contribution < 1.29 is 9.18 Å². The Hall–Kier alpha value is -1.56. The van der Waals surface area contributed by atoms with Gasteiger partial charge in [-0.1, -0.05) is 0 Å². The molecule has 0 radical (unpaired) electrons. The van der Waals surface area contributed by atoms with Gasteiger partial charge in [-0.05, 0) is 45.6 Å². The number of halogens is 1. The number of rotatable bonds is 6. The number of amides is 1. The Morgan fingerprint density at radius 1 is 1.35 bits per heavy atom. The minimum atomic E-state index is -0.687. The van der Waals surface area contributed by atoms with Gasteiger partial charge < -0.3 is 10.2 Å². The van der Waals surface area contributed by atoms with E-state index >= 15 is 0 Å². The van der Waals surface area contributed by atoms with E-state index in [4.69, 9.17) is 0 Å². The van der Waals surface area contributed by atoms with Crippen molar-refractivity contribution >= 4 is 5.91 Å². The molecule has 6 heteroatoms. The van der Waals surface area contributed by atoms with E-state index in [1.54, 1.807) is 0 Å². The molecule has 1 aromatic heterocycles. The Balaban J connectivity index is 2.23. The van der Waals surface area contributed by atoms with Gasteiger partial charge in [-0.15, -0.1) is 10.2 Å². The molecule has 1 heterocycles. The van der Waals surface area contributed by atoms with E-state index in [0.717, 1.165) is 25.5 Å². The van der Waals surface area contributed by atoms with Crippen LogP contribution in [0.15, 0.2) is 12.1 Å². The molecular formula is C11H17FN4O. The van der Waals surface area contributed by atoms with Crippen LogP contribution in [0.5, 0.6) is 0 Å². The highest BCUT2D eigenvalue weighted by Gasteiger charge is 2.06.